The van der Waals surface area contributed by atoms with Crippen molar-refractivity contribution in [1.82, 2.24) is 10.2 Å². The molecule has 19 heavy (non-hydrogen) atoms. The van der Waals surface area contributed by atoms with Crippen molar-refractivity contribution in [3.63, 3.8) is 0 Å². The molecule has 1 atom stereocenters. The van der Waals surface area contributed by atoms with Gasteiger partial charge in [0.05, 0.1) is 12.6 Å². The van der Waals surface area contributed by atoms with Gasteiger partial charge in [0.1, 0.15) is 0 Å². The van der Waals surface area contributed by atoms with E-state index in [2.05, 4.69) is 21.2 Å². The van der Waals surface area contributed by atoms with E-state index in [4.69, 9.17) is 0 Å². The lowest BCUT2D eigenvalue weighted by molar-refractivity contribution is -0.122. The number of aliphatic hydroxyl groups excluding tert-OH is 1. The number of aliphatic hydroxyl groups is 1. The van der Waals surface area contributed by atoms with Crippen LogP contribution in [0.1, 0.15) is 25.5 Å². The number of rotatable bonds is 7. The molecule has 0 radical (unpaired) electrons. The SMILES string of the molecule is CCNC(=O)CN(CC)C[C@H](O)c1ccc(Br)cc1. The first-order chi connectivity index (χ1) is 9.06. The van der Waals surface area contributed by atoms with E-state index in [0.717, 1.165) is 16.6 Å². The van der Waals surface area contributed by atoms with Crippen LogP contribution < -0.4 is 5.32 Å². The van der Waals surface area contributed by atoms with Gasteiger partial charge >= 0.3 is 0 Å². The number of halogens is 1. The zero-order chi connectivity index (χ0) is 14.3. The van der Waals surface area contributed by atoms with E-state index in [-0.39, 0.29) is 5.91 Å². The molecule has 2 N–H and O–H groups in total. The van der Waals surface area contributed by atoms with Crippen LogP contribution in [-0.4, -0.2) is 42.1 Å². The van der Waals surface area contributed by atoms with Gasteiger partial charge in [-0.3, -0.25) is 9.69 Å². The lowest BCUT2D eigenvalue weighted by atomic mass is 10.1. The Morgan fingerprint density at radius 1 is 1.37 bits per heavy atom. The fourth-order valence-corrected chi connectivity index (χ4v) is 2.06. The molecule has 0 aromatic heterocycles. The first-order valence-electron chi connectivity index (χ1n) is 6.49. The quantitative estimate of drug-likeness (QED) is 0.804. The third-order valence-corrected chi connectivity index (χ3v) is 3.40. The molecule has 1 aromatic rings. The van der Waals surface area contributed by atoms with Crippen molar-refractivity contribution < 1.29 is 9.90 Å². The summed E-state index contributed by atoms with van der Waals surface area (Å²) in [6.45, 7) is 6.00. The second kappa shape index (κ2) is 8.30. The summed E-state index contributed by atoms with van der Waals surface area (Å²) in [5.74, 6) is -0.00708. The van der Waals surface area contributed by atoms with Crippen molar-refractivity contribution in [1.29, 1.82) is 0 Å². The van der Waals surface area contributed by atoms with E-state index < -0.39 is 6.10 Å². The molecule has 1 amide bonds. The van der Waals surface area contributed by atoms with Crippen LogP contribution in [0.5, 0.6) is 0 Å². The third kappa shape index (κ3) is 5.72. The minimum Gasteiger partial charge on any atom is -0.387 e. The van der Waals surface area contributed by atoms with Gasteiger partial charge in [0.25, 0.3) is 0 Å². The number of likely N-dealkylation sites (N-methyl/N-ethyl adjacent to an activating group) is 2. The molecule has 1 rings (SSSR count). The molecule has 0 aliphatic heterocycles. The summed E-state index contributed by atoms with van der Waals surface area (Å²) in [7, 11) is 0. The van der Waals surface area contributed by atoms with Gasteiger partial charge in [0.15, 0.2) is 0 Å². The van der Waals surface area contributed by atoms with E-state index in [9.17, 15) is 9.90 Å². The maximum absolute atomic E-state index is 11.5. The average molecular weight is 329 g/mol. The molecule has 106 valence electrons. The van der Waals surface area contributed by atoms with Crippen LogP contribution >= 0.6 is 15.9 Å². The van der Waals surface area contributed by atoms with Crippen molar-refractivity contribution in [2.75, 3.05) is 26.2 Å². The van der Waals surface area contributed by atoms with Crippen LogP contribution in [0, 0.1) is 0 Å². The van der Waals surface area contributed by atoms with Crippen LogP contribution in [0.25, 0.3) is 0 Å². The van der Waals surface area contributed by atoms with Crippen LogP contribution in [0.3, 0.4) is 0 Å². The molecular weight excluding hydrogens is 308 g/mol. The van der Waals surface area contributed by atoms with Gasteiger partial charge in [-0.15, -0.1) is 0 Å². The fraction of sp³-hybridized carbons (Fsp3) is 0.500. The van der Waals surface area contributed by atoms with E-state index in [1.54, 1.807) is 0 Å². The summed E-state index contributed by atoms with van der Waals surface area (Å²) >= 11 is 3.36. The first kappa shape index (κ1) is 16.1. The summed E-state index contributed by atoms with van der Waals surface area (Å²) in [5, 5.41) is 12.9. The maximum Gasteiger partial charge on any atom is 0.234 e. The predicted octanol–water partition coefficient (Wildman–Crippen LogP) is 1.94. The molecule has 0 saturated carbocycles. The largest absolute Gasteiger partial charge is 0.387 e. The van der Waals surface area contributed by atoms with Crippen LogP contribution in [0.15, 0.2) is 28.7 Å². The predicted molar refractivity (Wildman–Crippen MR) is 79.9 cm³/mol. The number of amides is 1. The van der Waals surface area contributed by atoms with E-state index in [1.807, 2.05) is 43.0 Å². The van der Waals surface area contributed by atoms with Crippen LogP contribution in [0.2, 0.25) is 0 Å². The highest BCUT2D eigenvalue weighted by Crippen LogP contribution is 2.17. The highest BCUT2D eigenvalue weighted by atomic mass is 79.9. The number of carbonyl (C=O) groups is 1. The summed E-state index contributed by atoms with van der Waals surface area (Å²) in [4.78, 5) is 13.5. The lowest BCUT2D eigenvalue weighted by Crippen LogP contribution is -2.39. The Labute approximate surface area is 122 Å². The van der Waals surface area contributed by atoms with Gasteiger partial charge in [-0.2, -0.15) is 0 Å². The summed E-state index contributed by atoms with van der Waals surface area (Å²) in [5.41, 5.74) is 0.859. The number of nitrogens with zero attached hydrogens (tertiary/aromatic N) is 1. The number of benzene rings is 1. The Bertz CT molecular complexity index is 395. The number of hydrogen-bond donors (Lipinski definition) is 2. The molecular formula is C14H21BrN2O2. The summed E-state index contributed by atoms with van der Waals surface area (Å²) in [6, 6.07) is 7.57. The van der Waals surface area contributed by atoms with Crippen molar-refractivity contribution in [2.24, 2.45) is 0 Å². The van der Waals surface area contributed by atoms with Crippen LogP contribution in [-0.2, 0) is 4.79 Å². The van der Waals surface area contributed by atoms with Gasteiger partial charge in [0.2, 0.25) is 5.91 Å². The van der Waals surface area contributed by atoms with Crippen molar-refractivity contribution in [2.45, 2.75) is 20.0 Å². The Balaban J connectivity index is 2.55. The molecule has 4 nitrogen and oxygen atoms in total. The maximum atomic E-state index is 11.5. The highest BCUT2D eigenvalue weighted by Gasteiger charge is 2.14. The minimum atomic E-state index is -0.581. The Morgan fingerprint density at radius 3 is 2.53 bits per heavy atom. The zero-order valence-corrected chi connectivity index (χ0v) is 13.0. The smallest absolute Gasteiger partial charge is 0.234 e. The topological polar surface area (TPSA) is 52.6 Å². The zero-order valence-electron chi connectivity index (χ0n) is 11.4. The van der Waals surface area contributed by atoms with Gasteiger partial charge in [-0.1, -0.05) is 35.0 Å². The Morgan fingerprint density at radius 2 is 2.00 bits per heavy atom. The molecule has 0 bridgehead atoms. The number of carbonyl (C=O) groups excluding carboxylic acids is 1. The number of nitrogens with one attached hydrogen (secondary N) is 1. The van der Waals surface area contributed by atoms with Crippen molar-refractivity contribution in [3.05, 3.63) is 34.3 Å². The molecule has 0 aliphatic carbocycles. The first-order valence-corrected chi connectivity index (χ1v) is 7.28. The summed E-state index contributed by atoms with van der Waals surface area (Å²) < 4.78 is 0.984. The van der Waals surface area contributed by atoms with Crippen molar-refractivity contribution in [3.8, 4) is 0 Å². The Kier molecular flexibility index (Phi) is 7.05. The number of hydrogen-bond acceptors (Lipinski definition) is 3. The third-order valence-electron chi connectivity index (χ3n) is 2.87. The van der Waals surface area contributed by atoms with E-state index in [1.165, 1.54) is 0 Å². The van der Waals surface area contributed by atoms with Gasteiger partial charge in [-0.05, 0) is 31.2 Å². The lowest BCUT2D eigenvalue weighted by Gasteiger charge is -2.23. The molecule has 0 fully saturated rings. The van der Waals surface area contributed by atoms with E-state index >= 15 is 0 Å². The summed E-state index contributed by atoms with van der Waals surface area (Å²) in [6.07, 6.45) is -0.581. The second-order valence-corrected chi connectivity index (χ2v) is 5.26. The van der Waals surface area contributed by atoms with Gasteiger partial charge in [-0.25, -0.2) is 0 Å². The molecule has 1 aromatic carbocycles. The standard InChI is InChI=1S/C14H21BrN2O2/c1-3-16-14(19)10-17(4-2)9-13(18)11-5-7-12(15)8-6-11/h5-8,13,18H,3-4,9-10H2,1-2H3,(H,16,19)/t13-/m0/s1. The van der Waals surface area contributed by atoms with Crippen LogP contribution in [0.4, 0.5) is 0 Å². The molecule has 0 saturated heterocycles. The minimum absolute atomic E-state index is 0.00708. The molecule has 0 heterocycles. The van der Waals surface area contributed by atoms with Crippen molar-refractivity contribution >= 4 is 21.8 Å². The average Bonchev–Trinajstić information content (AvgIpc) is 2.38. The van der Waals surface area contributed by atoms with Gasteiger partial charge in [0, 0.05) is 17.6 Å². The van der Waals surface area contributed by atoms with E-state index in [0.29, 0.717) is 19.6 Å². The molecule has 0 unspecified atom stereocenters. The normalized spacial score (nSPS) is 12.5. The molecule has 5 heteroatoms. The van der Waals surface area contributed by atoms with Gasteiger partial charge < -0.3 is 10.4 Å². The monoisotopic (exact) mass is 328 g/mol. The molecule has 0 spiro atoms. The second-order valence-electron chi connectivity index (χ2n) is 4.35. The highest BCUT2D eigenvalue weighted by molar-refractivity contribution is 9.10. The fourth-order valence-electron chi connectivity index (χ4n) is 1.80. The Hall–Kier alpha value is -0.910. The molecule has 0 aliphatic rings.